The summed E-state index contributed by atoms with van der Waals surface area (Å²) in [5.74, 6) is -0.842. The van der Waals surface area contributed by atoms with Gasteiger partial charge in [-0.05, 0) is 31.9 Å². The van der Waals surface area contributed by atoms with Crippen LogP contribution in [0.4, 0.5) is 5.13 Å². The van der Waals surface area contributed by atoms with Gasteiger partial charge in [0, 0.05) is 23.2 Å². The average molecular weight is 386 g/mol. The molecule has 1 amide bonds. The lowest BCUT2D eigenvalue weighted by Crippen LogP contribution is -2.47. The third-order valence-electron chi connectivity index (χ3n) is 4.72. The maximum atomic E-state index is 13.1. The second kappa shape index (κ2) is 8.90. The largest absolute Gasteiger partial charge is 0.449 e. The van der Waals surface area contributed by atoms with Crippen LogP contribution in [-0.2, 0) is 9.53 Å². The summed E-state index contributed by atoms with van der Waals surface area (Å²) >= 11 is 1.41. The van der Waals surface area contributed by atoms with Crippen molar-refractivity contribution in [3.8, 4) is 0 Å². The first-order valence-electron chi connectivity index (χ1n) is 9.09. The third-order valence-corrected chi connectivity index (χ3v) is 5.49. The minimum atomic E-state index is -0.922. The Bertz CT molecular complexity index is 783. The van der Waals surface area contributed by atoms with Crippen LogP contribution < -0.4 is 4.90 Å². The van der Waals surface area contributed by atoms with Crippen molar-refractivity contribution in [2.24, 2.45) is 0 Å². The first-order valence-corrected chi connectivity index (χ1v) is 9.97. The van der Waals surface area contributed by atoms with E-state index in [9.17, 15) is 14.4 Å². The molecule has 7 heteroatoms. The molecule has 0 aliphatic heterocycles. The molecule has 1 unspecified atom stereocenters. The second-order valence-electron chi connectivity index (χ2n) is 6.60. The molecule has 1 saturated carbocycles. The van der Waals surface area contributed by atoms with Crippen LogP contribution >= 0.6 is 11.3 Å². The lowest BCUT2D eigenvalue weighted by Gasteiger charge is -2.33. The highest BCUT2D eigenvalue weighted by Crippen LogP contribution is 2.29. The highest BCUT2D eigenvalue weighted by Gasteiger charge is 2.33. The van der Waals surface area contributed by atoms with Gasteiger partial charge < -0.3 is 4.74 Å². The second-order valence-corrected chi connectivity index (χ2v) is 7.48. The van der Waals surface area contributed by atoms with Crippen molar-refractivity contribution < 1.29 is 19.1 Å². The van der Waals surface area contributed by atoms with Crippen molar-refractivity contribution in [3.05, 3.63) is 47.0 Å². The molecule has 1 atom stereocenters. The molecule has 1 aromatic heterocycles. The molecule has 142 valence electrons. The number of amides is 1. The van der Waals surface area contributed by atoms with E-state index in [0.717, 1.165) is 25.7 Å². The number of nitrogens with zero attached hydrogens (tertiary/aromatic N) is 2. The van der Waals surface area contributed by atoms with Crippen LogP contribution in [-0.4, -0.2) is 35.3 Å². The van der Waals surface area contributed by atoms with E-state index in [2.05, 4.69) is 4.98 Å². The van der Waals surface area contributed by atoms with Crippen molar-refractivity contribution in [2.75, 3.05) is 4.90 Å². The fraction of sp³-hybridized carbons (Fsp3) is 0.400. The molecular formula is C20H22N2O4S. The van der Waals surface area contributed by atoms with Crippen molar-refractivity contribution in [1.82, 2.24) is 4.98 Å². The van der Waals surface area contributed by atoms with Crippen LogP contribution in [0.15, 0.2) is 35.8 Å². The van der Waals surface area contributed by atoms with E-state index in [1.807, 2.05) is 5.38 Å². The summed E-state index contributed by atoms with van der Waals surface area (Å²) in [6.45, 7) is 1.59. The predicted molar refractivity (Wildman–Crippen MR) is 103 cm³/mol. The van der Waals surface area contributed by atoms with Gasteiger partial charge in [0.05, 0.1) is 5.56 Å². The van der Waals surface area contributed by atoms with E-state index in [1.165, 1.54) is 29.9 Å². The van der Waals surface area contributed by atoms with Crippen LogP contribution in [0.1, 0.15) is 59.7 Å². The fourth-order valence-corrected chi connectivity index (χ4v) is 3.99. The molecule has 1 aromatic carbocycles. The summed E-state index contributed by atoms with van der Waals surface area (Å²) < 4.78 is 5.40. The van der Waals surface area contributed by atoms with Crippen LogP contribution in [0, 0.1) is 0 Å². The van der Waals surface area contributed by atoms with E-state index in [-0.39, 0.29) is 11.9 Å². The number of hydrogen-bond donors (Lipinski definition) is 0. The monoisotopic (exact) mass is 386 g/mol. The van der Waals surface area contributed by atoms with Crippen molar-refractivity contribution in [2.45, 2.75) is 51.2 Å². The van der Waals surface area contributed by atoms with Gasteiger partial charge in [0.25, 0.3) is 5.91 Å². The smallest absolute Gasteiger partial charge is 0.338 e. The predicted octanol–water partition coefficient (Wildman–Crippen LogP) is 3.87. The number of thiazole rings is 1. The third kappa shape index (κ3) is 4.60. The zero-order valence-corrected chi connectivity index (χ0v) is 16.0. The molecule has 1 fully saturated rings. The van der Waals surface area contributed by atoms with Crippen molar-refractivity contribution in [3.63, 3.8) is 0 Å². The molecule has 1 aliphatic carbocycles. The first kappa shape index (κ1) is 19.2. The van der Waals surface area contributed by atoms with E-state index in [1.54, 1.807) is 30.2 Å². The summed E-state index contributed by atoms with van der Waals surface area (Å²) in [5.41, 5.74) is 0.779. The fourth-order valence-electron chi connectivity index (χ4n) is 3.28. The molecule has 27 heavy (non-hydrogen) atoms. The Morgan fingerprint density at radius 3 is 2.52 bits per heavy atom. The SMILES string of the molecule is CC(OC(=O)c1ccc(C=O)cc1)C(=O)N(c1nccs1)C1CCCCC1. The van der Waals surface area contributed by atoms with Gasteiger partial charge in [0.2, 0.25) is 0 Å². The minimum Gasteiger partial charge on any atom is -0.449 e. The summed E-state index contributed by atoms with van der Waals surface area (Å²) in [6.07, 6.45) is 6.66. The number of carbonyl (C=O) groups is 3. The number of anilines is 1. The van der Waals surface area contributed by atoms with Gasteiger partial charge in [-0.2, -0.15) is 0 Å². The number of benzene rings is 1. The van der Waals surface area contributed by atoms with Crippen LogP contribution in [0.3, 0.4) is 0 Å². The Morgan fingerprint density at radius 2 is 1.93 bits per heavy atom. The normalized spacial score (nSPS) is 15.7. The minimum absolute atomic E-state index is 0.0884. The number of esters is 1. The highest BCUT2D eigenvalue weighted by atomic mass is 32.1. The van der Waals surface area contributed by atoms with Gasteiger partial charge in [-0.15, -0.1) is 11.3 Å². The van der Waals surface area contributed by atoms with Crippen LogP contribution in [0.2, 0.25) is 0 Å². The topological polar surface area (TPSA) is 76.6 Å². The van der Waals surface area contributed by atoms with Crippen molar-refractivity contribution >= 4 is 34.6 Å². The van der Waals surface area contributed by atoms with Gasteiger partial charge in [0.1, 0.15) is 6.29 Å². The molecule has 0 bridgehead atoms. The zero-order chi connectivity index (χ0) is 19.2. The molecule has 0 radical (unpaired) electrons. The molecule has 2 aromatic rings. The lowest BCUT2D eigenvalue weighted by atomic mass is 9.94. The molecule has 0 spiro atoms. The quantitative estimate of drug-likeness (QED) is 0.556. The number of ether oxygens (including phenoxy) is 1. The highest BCUT2D eigenvalue weighted by molar-refractivity contribution is 7.13. The van der Waals surface area contributed by atoms with Gasteiger partial charge in [0.15, 0.2) is 11.2 Å². The van der Waals surface area contributed by atoms with E-state index < -0.39 is 12.1 Å². The number of hydrogen-bond acceptors (Lipinski definition) is 6. The summed E-state index contributed by atoms with van der Waals surface area (Å²) in [6, 6.07) is 6.21. The van der Waals surface area contributed by atoms with E-state index in [0.29, 0.717) is 22.5 Å². The Hall–Kier alpha value is -2.54. The van der Waals surface area contributed by atoms with Crippen LogP contribution in [0.5, 0.6) is 0 Å². The van der Waals surface area contributed by atoms with E-state index >= 15 is 0 Å². The zero-order valence-electron chi connectivity index (χ0n) is 15.2. The number of aromatic nitrogens is 1. The van der Waals surface area contributed by atoms with Gasteiger partial charge in [-0.3, -0.25) is 14.5 Å². The summed E-state index contributed by atoms with van der Waals surface area (Å²) in [7, 11) is 0. The molecule has 0 N–H and O–H groups in total. The standard InChI is InChI=1S/C20H22N2O4S/c1-14(26-19(25)16-9-7-15(13-23)8-10-16)18(24)22(20-21-11-12-27-20)17-5-3-2-4-6-17/h7-14,17H,2-6H2,1H3. The number of carbonyl (C=O) groups excluding carboxylic acids is 3. The number of rotatable bonds is 6. The molecule has 1 heterocycles. The molecular weight excluding hydrogens is 364 g/mol. The Kier molecular flexibility index (Phi) is 6.34. The molecule has 6 nitrogen and oxygen atoms in total. The first-order chi connectivity index (χ1) is 13.1. The number of aldehydes is 1. The Morgan fingerprint density at radius 1 is 1.22 bits per heavy atom. The van der Waals surface area contributed by atoms with Gasteiger partial charge in [-0.25, -0.2) is 9.78 Å². The van der Waals surface area contributed by atoms with Gasteiger partial charge >= 0.3 is 5.97 Å². The van der Waals surface area contributed by atoms with Crippen molar-refractivity contribution in [1.29, 1.82) is 0 Å². The summed E-state index contributed by atoms with van der Waals surface area (Å²) in [5, 5.41) is 2.48. The Balaban J connectivity index is 1.72. The van der Waals surface area contributed by atoms with Gasteiger partial charge in [-0.1, -0.05) is 31.4 Å². The maximum Gasteiger partial charge on any atom is 0.338 e. The van der Waals surface area contributed by atoms with Crippen LogP contribution in [0.25, 0.3) is 0 Å². The lowest BCUT2D eigenvalue weighted by molar-refractivity contribution is -0.127. The Labute approximate surface area is 162 Å². The summed E-state index contributed by atoms with van der Waals surface area (Å²) in [4.78, 5) is 42.2. The maximum absolute atomic E-state index is 13.1. The molecule has 1 aliphatic rings. The van der Waals surface area contributed by atoms with E-state index in [4.69, 9.17) is 4.74 Å². The molecule has 0 saturated heterocycles. The molecule has 3 rings (SSSR count). The average Bonchev–Trinajstić information content (AvgIpc) is 3.23.